The Bertz CT molecular complexity index is 788. The molecule has 0 amide bonds. The highest BCUT2D eigenvalue weighted by atomic mass is 28.3. The first-order valence-corrected chi connectivity index (χ1v) is 12.5. The molecule has 1 aromatic heterocycles. The fraction of sp³-hybridized carbons (Fsp3) is 0.500. The van der Waals surface area contributed by atoms with E-state index < -0.39 is 25.8 Å². The maximum Gasteiger partial charge on any atom is 0.433 e. The van der Waals surface area contributed by atoms with Crippen LogP contribution in [-0.2, 0) is 24.2 Å². The van der Waals surface area contributed by atoms with Gasteiger partial charge in [-0.25, -0.2) is 9.37 Å². The number of hydrogen-bond acceptors (Lipinski definition) is 4. The third-order valence-corrected chi connectivity index (χ3v) is 5.75. The Morgan fingerprint density at radius 2 is 1.93 bits per heavy atom. The molecule has 0 aliphatic heterocycles. The van der Waals surface area contributed by atoms with E-state index in [0.29, 0.717) is 18.0 Å². The molecule has 28 heavy (non-hydrogen) atoms. The second-order valence-electron chi connectivity index (χ2n) is 7.53. The van der Waals surface area contributed by atoms with Gasteiger partial charge in [-0.1, -0.05) is 19.6 Å². The van der Waals surface area contributed by atoms with Gasteiger partial charge in [-0.05, 0) is 18.2 Å². The van der Waals surface area contributed by atoms with Crippen LogP contribution in [0.5, 0.6) is 5.75 Å². The summed E-state index contributed by atoms with van der Waals surface area (Å²) in [6, 6.07) is 4.72. The van der Waals surface area contributed by atoms with Gasteiger partial charge < -0.3 is 14.8 Å². The molecule has 2 rings (SSSR count). The van der Waals surface area contributed by atoms with E-state index in [2.05, 4.69) is 29.9 Å². The van der Waals surface area contributed by atoms with Crippen molar-refractivity contribution in [3.05, 3.63) is 41.7 Å². The lowest BCUT2D eigenvalue weighted by molar-refractivity contribution is -0.146. The lowest BCUT2D eigenvalue weighted by Gasteiger charge is -2.18. The van der Waals surface area contributed by atoms with Crippen molar-refractivity contribution in [2.24, 2.45) is 0 Å². The maximum atomic E-state index is 13.5. The van der Waals surface area contributed by atoms with E-state index in [-0.39, 0.29) is 19.1 Å². The van der Waals surface area contributed by atoms with Gasteiger partial charge in [0, 0.05) is 20.7 Å². The zero-order valence-electron chi connectivity index (χ0n) is 16.4. The molecule has 1 heterocycles. The van der Waals surface area contributed by atoms with Crippen LogP contribution in [0.3, 0.4) is 0 Å². The second kappa shape index (κ2) is 8.95. The minimum absolute atomic E-state index is 0.0483. The number of methoxy groups -OCH3 is 1. The number of hydrogen-bond donors (Lipinski definition) is 1. The van der Waals surface area contributed by atoms with Crippen LogP contribution in [0.1, 0.15) is 11.5 Å². The monoisotopic (exact) mass is 419 g/mol. The molecule has 0 aliphatic rings. The van der Waals surface area contributed by atoms with Gasteiger partial charge in [0.2, 0.25) is 0 Å². The number of nitrogens with one attached hydrogen (secondary N) is 1. The van der Waals surface area contributed by atoms with Gasteiger partial charge in [-0.15, -0.1) is 0 Å². The third-order valence-electron chi connectivity index (χ3n) is 4.04. The summed E-state index contributed by atoms with van der Waals surface area (Å²) < 4.78 is 65.0. The lowest BCUT2D eigenvalue weighted by Crippen LogP contribution is -2.23. The molecule has 0 fully saturated rings. The number of benzene rings is 1. The molecule has 5 nitrogen and oxygen atoms in total. The van der Waals surface area contributed by atoms with E-state index in [1.165, 1.54) is 25.3 Å². The highest BCUT2D eigenvalue weighted by molar-refractivity contribution is 6.76. The van der Waals surface area contributed by atoms with E-state index in [1.807, 2.05) is 0 Å². The first kappa shape index (κ1) is 22.2. The van der Waals surface area contributed by atoms with Crippen molar-refractivity contribution in [1.82, 2.24) is 9.55 Å². The average Bonchev–Trinajstić information content (AvgIpc) is 2.99. The van der Waals surface area contributed by atoms with Crippen molar-refractivity contribution in [1.29, 1.82) is 0 Å². The fourth-order valence-corrected chi connectivity index (χ4v) is 3.21. The molecule has 0 spiro atoms. The smallest absolute Gasteiger partial charge is 0.433 e. The van der Waals surface area contributed by atoms with Gasteiger partial charge in [0.1, 0.15) is 29.8 Å². The standard InChI is InChI=1S/C18H25F4N3O2Si/c1-26-15-6-5-13(19)9-14(15)23-11-17-24-10-16(18(20,21)22)25(17)12-27-7-8-28(2,3)4/h5-6,9-10,23H,7-8,11-12H2,1-4H3. The number of ether oxygens (including phenoxy) is 2. The van der Waals surface area contributed by atoms with Gasteiger partial charge in [-0.2, -0.15) is 13.2 Å². The van der Waals surface area contributed by atoms with Gasteiger partial charge in [0.15, 0.2) is 0 Å². The average molecular weight is 419 g/mol. The van der Waals surface area contributed by atoms with Crippen LogP contribution in [-0.4, -0.2) is 31.3 Å². The molecule has 0 aliphatic carbocycles. The number of halogens is 4. The number of anilines is 1. The van der Waals surface area contributed by atoms with Crippen LogP contribution >= 0.6 is 0 Å². The number of aromatic nitrogens is 2. The molecule has 0 saturated heterocycles. The largest absolute Gasteiger partial charge is 0.495 e. The molecule has 156 valence electrons. The van der Waals surface area contributed by atoms with Gasteiger partial charge in [0.25, 0.3) is 0 Å². The highest BCUT2D eigenvalue weighted by Gasteiger charge is 2.36. The van der Waals surface area contributed by atoms with E-state index in [0.717, 1.165) is 16.8 Å². The summed E-state index contributed by atoms with van der Waals surface area (Å²) in [6.45, 7) is 6.57. The summed E-state index contributed by atoms with van der Waals surface area (Å²) in [4.78, 5) is 3.88. The first-order chi connectivity index (χ1) is 13.0. The van der Waals surface area contributed by atoms with Crippen LogP contribution in [0.2, 0.25) is 25.7 Å². The molecule has 2 aromatic rings. The predicted molar refractivity (Wildman–Crippen MR) is 102 cm³/mol. The molecule has 0 atom stereocenters. The van der Waals surface area contributed by atoms with Crippen molar-refractivity contribution < 1.29 is 27.0 Å². The van der Waals surface area contributed by atoms with Crippen molar-refractivity contribution in [2.75, 3.05) is 19.0 Å². The second-order valence-corrected chi connectivity index (χ2v) is 13.2. The van der Waals surface area contributed by atoms with Gasteiger partial charge >= 0.3 is 6.18 Å². The Labute approximate surface area is 162 Å². The third kappa shape index (κ3) is 6.23. The van der Waals surface area contributed by atoms with E-state index in [4.69, 9.17) is 9.47 Å². The summed E-state index contributed by atoms with van der Waals surface area (Å²) in [5.41, 5.74) is -0.561. The van der Waals surface area contributed by atoms with Crippen molar-refractivity contribution in [2.45, 2.75) is 45.1 Å². The fourth-order valence-electron chi connectivity index (χ4n) is 2.45. The zero-order chi connectivity index (χ0) is 20.9. The van der Waals surface area contributed by atoms with Gasteiger partial charge in [0.05, 0.1) is 25.5 Å². The van der Waals surface area contributed by atoms with E-state index >= 15 is 0 Å². The maximum absolute atomic E-state index is 13.5. The minimum Gasteiger partial charge on any atom is -0.495 e. The molecular weight excluding hydrogens is 394 g/mol. The SMILES string of the molecule is COc1ccc(F)cc1NCc1ncc(C(F)(F)F)n1COCC[Si](C)(C)C. The Kier molecular flexibility index (Phi) is 7.10. The van der Waals surface area contributed by atoms with Crippen LogP contribution in [0.4, 0.5) is 23.2 Å². The van der Waals surface area contributed by atoms with Crippen LogP contribution < -0.4 is 10.1 Å². The molecule has 0 radical (unpaired) electrons. The predicted octanol–water partition coefficient (Wildman–Crippen LogP) is 4.97. The first-order valence-electron chi connectivity index (χ1n) is 8.78. The quantitative estimate of drug-likeness (QED) is 0.354. The molecule has 10 heteroatoms. The zero-order valence-corrected chi connectivity index (χ0v) is 17.4. The normalized spacial score (nSPS) is 12.3. The molecule has 1 aromatic carbocycles. The van der Waals surface area contributed by atoms with Gasteiger partial charge in [-0.3, -0.25) is 4.57 Å². The number of imidazole rings is 1. The topological polar surface area (TPSA) is 48.3 Å². The summed E-state index contributed by atoms with van der Waals surface area (Å²) in [5, 5.41) is 2.88. The van der Waals surface area contributed by atoms with Crippen LogP contribution in [0.25, 0.3) is 0 Å². The van der Waals surface area contributed by atoms with Crippen LogP contribution in [0.15, 0.2) is 24.4 Å². The van der Waals surface area contributed by atoms with E-state index in [1.54, 1.807) is 0 Å². The summed E-state index contributed by atoms with van der Waals surface area (Å²) in [5.74, 6) is 0.0193. The Balaban J connectivity index is 2.15. The minimum atomic E-state index is -4.55. The Morgan fingerprint density at radius 3 is 2.54 bits per heavy atom. The van der Waals surface area contributed by atoms with Crippen molar-refractivity contribution >= 4 is 13.8 Å². The summed E-state index contributed by atoms with van der Waals surface area (Å²) in [6.07, 6.45) is -3.77. The summed E-state index contributed by atoms with van der Waals surface area (Å²) >= 11 is 0. The summed E-state index contributed by atoms with van der Waals surface area (Å²) in [7, 11) is 0.0719. The highest BCUT2D eigenvalue weighted by Crippen LogP contribution is 2.31. The molecule has 0 saturated carbocycles. The van der Waals surface area contributed by atoms with Crippen LogP contribution in [0, 0.1) is 5.82 Å². The number of alkyl halides is 3. The Morgan fingerprint density at radius 1 is 1.21 bits per heavy atom. The number of nitrogens with zero attached hydrogens (tertiary/aromatic N) is 2. The van der Waals surface area contributed by atoms with E-state index in [9.17, 15) is 17.6 Å². The molecule has 0 bridgehead atoms. The molecule has 1 N–H and O–H groups in total. The number of rotatable bonds is 9. The Hall–Kier alpha value is -2.07. The molecule has 0 unspecified atom stereocenters. The van der Waals surface area contributed by atoms with Crippen molar-refractivity contribution in [3.8, 4) is 5.75 Å². The molecular formula is C18H25F4N3O2Si. The van der Waals surface area contributed by atoms with Crippen molar-refractivity contribution in [3.63, 3.8) is 0 Å². The lowest BCUT2D eigenvalue weighted by atomic mass is 10.3.